The molecule has 1 saturated heterocycles. The standard InChI is InChI=1S/C14H28N2S/c1-11-6-4-5-7-13(11)16(3)14(10-15)8-9-17-12(14)2/h11-13H,4-10,15H2,1-3H3. The van der Waals surface area contributed by atoms with E-state index in [9.17, 15) is 0 Å². The molecule has 2 N–H and O–H groups in total. The van der Waals surface area contributed by atoms with Crippen LogP contribution in [-0.4, -0.2) is 41.1 Å². The van der Waals surface area contributed by atoms with Crippen molar-refractivity contribution in [2.75, 3.05) is 19.3 Å². The Labute approximate surface area is 111 Å². The summed E-state index contributed by atoms with van der Waals surface area (Å²) in [6, 6.07) is 0.758. The maximum Gasteiger partial charge on any atom is 0.0455 e. The number of rotatable bonds is 3. The van der Waals surface area contributed by atoms with E-state index in [4.69, 9.17) is 5.73 Å². The van der Waals surface area contributed by atoms with Crippen LogP contribution in [0.2, 0.25) is 0 Å². The zero-order chi connectivity index (χ0) is 12.5. The van der Waals surface area contributed by atoms with Crippen molar-refractivity contribution >= 4 is 11.8 Å². The molecular weight excluding hydrogens is 228 g/mol. The molecule has 0 aromatic carbocycles. The molecule has 4 atom stereocenters. The van der Waals surface area contributed by atoms with Crippen molar-refractivity contribution in [1.29, 1.82) is 0 Å². The van der Waals surface area contributed by atoms with E-state index in [0.717, 1.165) is 18.5 Å². The Morgan fingerprint density at radius 1 is 1.29 bits per heavy atom. The van der Waals surface area contributed by atoms with Crippen LogP contribution in [0.25, 0.3) is 0 Å². The van der Waals surface area contributed by atoms with Crippen LogP contribution < -0.4 is 5.73 Å². The summed E-state index contributed by atoms with van der Waals surface area (Å²) in [5.74, 6) is 2.12. The van der Waals surface area contributed by atoms with Crippen LogP contribution >= 0.6 is 11.8 Å². The first-order chi connectivity index (χ1) is 8.12. The van der Waals surface area contributed by atoms with Crippen molar-refractivity contribution in [3.05, 3.63) is 0 Å². The van der Waals surface area contributed by atoms with Gasteiger partial charge in [0.2, 0.25) is 0 Å². The molecule has 0 bridgehead atoms. The summed E-state index contributed by atoms with van der Waals surface area (Å²) >= 11 is 2.10. The van der Waals surface area contributed by atoms with Gasteiger partial charge in [0.25, 0.3) is 0 Å². The Morgan fingerprint density at radius 3 is 2.53 bits per heavy atom. The lowest BCUT2D eigenvalue weighted by Gasteiger charge is -2.48. The fourth-order valence-corrected chi connectivity index (χ4v) is 5.36. The largest absolute Gasteiger partial charge is 0.329 e. The molecule has 0 aromatic heterocycles. The Morgan fingerprint density at radius 2 is 2.00 bits per heavy atom. The lowest BCUT2D eigenvalue weighted by atomic mass is 9.80. The molecule has 1 aliphatic carbocycles. The normalized spacial score (nSPS) is 43.2. The van der Waals surface area contributed by atoms with Gasteiger partial charge in [0, 0.05) is 23.4 Å². The van der Waals surface area contributed by atoms with E-state index in [1.54, 1.807) is 0 Å². The van der Waals surface area contributed by atoms with Crippen molar-refractivity contribution in [3.63, 3.8) is 0 Å². The van der Waals surface area contributed by atoms with Gasteiger partial charge in [-0.2, -0.15) is 11.8 Å². The first kappa shape index (κ1) is 13.7. The molecule has 100 valence electrons. The van der Waals surface area contributed by atoms with Crippen LogP contribution in [0.3, 0.4) is 0 Å². The summed E-state index contributed by atoms with van der Waals surface area (Å²) in [5.41, 5.74) is 6.42. The average Bonchev–Trinajstić information content (AvgIpc) is 2.71. The Balaban J connectivity index is 2.13. The predicted molar refractivity (Wildman–Crippen MR) is 77.5 cm³/mol. The number of nitrogens with zero attached hydrogens (tertiary/aromatic N) is 1. The number of thioether (sulfide) groups is 1. The van der Waals surface area contributed by atoms with Gasteiger partial charge in [0.1, 0.15) is 0 Å². The highest BCUT2D eigenvalue weighted by molar-refractivity contribution is 8.00. The third-order valence-electron chi connectivity index (χ3n) is 5.28. The van der Waals surface area contributed by atoms with Gasteiger partial charge in [-0.3, -0.25) is 4.90 Å². The Hall–Kier alpha value is 0.270. The highest BCUT2D eigenvalue weighted by Crippen LogP contribution is 2.42. The predicted octanol–water partition coefficient (Wildman–Crippen LogP) is 2.72. The van der Waals surface area contributed by atoms with Crippen LogP contribution in [0.5, 0.6) is 0 Å². The zero-order valence-electron chi connectivity index (χ0n) is 11.6. The molecule has 0 radical (unpaired) electrons. The van der Waals surface area contributed by atoms with Gasteiger partial charge >= 0.3 is 0 Å². The summed E-state index contributed by atoms with van der Waals surface area (Å²) in [6.45, 7) is 5.62. The number of nitrogens with two attached hydrogens (primary N) is 1. The van der Waals surface area contributed by atoms with Crippen molar-refractivity contribution in [2.45, 2.75) is 62.8 Å². The maximum atomic E-state index is 6.16. The van der Waals surface area contributed by atoms with E-state index in [2.05, 4.69) is 37.6 Å². The molecular formula is C14H28N2S. The van der Waals surface area contributed by atoms with E-state index in [-0.39, 0.29) is 5.54 Å². The molecule has 0 aromatic rings. The van der Waals surface area contributed by atoms with Crippen molar-refractivity contribution < 1.29 is 0 Å². The SMILES string of the molecule is CC1CCCCC1N(C)C1(CN)CCSC1C. The lowest BCUT2D eigenvalue weighted by Crippen LogP contribution is -2.60. The average molecular weight is 256 g/mol. The lowest BCUT2D eigenvalue weighted by molar-refractivity contribution is 0.0340. The number of hydrogen-bond donors (Lipinski definition) is 1. The van der Waals surface area contributed by atoms with Gasteiger partial charge in [-0.25, -0.2) is 0 Å². The quantitative estimate of drug-likeness (QED) is 0.842. The fourth-order valence-electron chi connectivity index (χ4n) is 3.85. The van der Waals surface area contributed by atoms with E-state index in [0.29, 0.717) is 5.25 Å². The molecule has 0 amide bonds. The van der Waals surface area contributed by atoms with Crippen LogP contribution in [-0.2, 0) is 0 Å². The van der Waals surface area contributed by atoms with Gasteiger partial charge in [0.05, 0.1) is 0 Å². The molecule has 2 nitrogen and oxygen atoms in total. The van der Waals surface area contributed by atoms with Gasteiger partial charge < -0.3 is 5.73 Å². The molecule has 2 rings (SSSR count). The molecule has 1 aliphatic heterocycles. The topological polar surface area (TPSA) is 29.3 Å². The molecule has 3 heteroatoms. The third-order valence-corrected chi connectivity index (χ3v) is 6.66. The highest BCUT2D eigenvalue weighted by Gasteiger charge is 2.46. The van der Waals surface area contributed by atoms with Crippen molar-refractivity contribution in [1.82, 2.24) is 4.90 Å². The van der Waals surface area contributed by atoms with Gasteiger partial charge in [-0.15, -0.1) is 0 Å². The summed E-state index contributed by atoms with van der Waals surface area (Å²) in [7, 11) is 2.34. The zero-order valence-corrected chi connectivity index (χ0v) is 12.4. The molecule has 1 heterocycles. The van der Waals surface area contributed by atoms with Gasteiger partial charge in [0.15, 0.2) is 0 Å². The van der Waals surface area contributed by atoms with Crippen LogP contribution in [0, 0.1) is 5.92 Å². The Bertz CT molecular complexity index is 259. The first-order valence-electron chi connectivity index (χ1n) is 7.16. The van der Waals surface area contributed by atoms with Crippen LogP contribution in [0.4, 0.5) is 0 Å². The highest BCUT2D eigenvalue weighted by atomic mass is 32.2. The molecule has 1 saturated carbocycles. The summed E-state index contributed by atoms with van der Waals surface area (Å²) in [5, 5.41) is 0.687. The van der Waals surface area contributed by atoms with Gasteiger partial charge in [-0.1, -0.05) is 26.7 Å². The molecule has 2 fully saturated rings. The minimum atomic E-state index is 0.265. The van der Waals surface area contributed by atoms with Gasteiger partial charge in [-0.05, 0) is 38.0 Å². The second-order valence-corrected chi connectivity index (χ2v) is 7.46. The van der Waals surface area contributed by atoms with Crippen molar-refractivity contribution in [3.8, 4) is 0 Å². The van der Waals surface area contributed by atoms with E-state index in [1.165, 1.54) is 37.9 Å². The van der Waals surface area contributed by atoms with Crippen LogP contribution in [0.1, 0.15) is 46.0 Å². The second kappa shape index (κ2) is 5.50. The summed E-state index contributed by atoms with van der Waals surface area (Å²) < 4.78 is 0. The van der Waals surface area contributed by atoms with E-state index < -0.39 is 0 Å². The fraction of sp³-hybridized carbons (Fsp3) is 1.00. The molecule has 2 aliphatic rings. The molecule has 17 heavy (non-hydrogen) atoms. The second-order valence-electron chi connectivity index (χ2n) is 6.01. The Kier molecular flexibility index (Phi) is 4.43. The van der Waals surface area contributed by atoms with Crippen molar-refractivity contribution in [2.24, 2.45) is 11.7 Å². The first-order valence-corrected chi connectivity index (χ1v) is 8.21. The molecule has 0 spiro atoms. The summed E-state index contributed by atoms with van der Waals surface area (Å²) in [4.78, 5) is 2.67. The molecule has 4 unspecified atom stereocenters. The van der Waals surface area contributed by atoms with E-state index in [1.807, 2.05) is 0 Å². The monoisotopic (exact) mass is 256 g/mol. The smallest absolute Gasteiger partial charge is 0.0455 e. The summed E-state index contributed by atoms with van der Waals surface area (Å²) in [6.07, 6.45) is 6.87. The minimum Gasteiger partial charge on any atom is -0.329 e. The van der Waals surface area contributed by atoms with E-state index >= 15 is 0 Å². The maximum absolute atomic E-state index is 6.16. The number of hydrogen-bond acceptors (Lipinski definition) is 3. The number of likely N-dealkylation sites (N-methyl/N-ethyl adjacent to an activating group) is 1. The third kappa shape index (κ3) is 2.39. The van der Waals surface area contributed by atoms with Crippen LogP contribution in [0.15, 0.2) is 0 Å². The minimum absolute atomic E-state index is 0.265.